The van der Waals surface area contributed by atoms with Crippen LogP contribution in [0.4, 0.5) is 35.0 Å². The second-order valence-corrected chi connectivity index (χ2v) is 7.47. The lowest BCUT2D eigenvalue weighted by atomic mass is 10.1. The van der Waals surface area contributed by atoms with Crippen LogP contribution in [-0.2, 0) is 12.8 Å². The maximum Gasteiger partial charge on any atom is 0.393 e. The topological polar surface area (TPSA) is 67.2 Å². The zero-order chi connectivity index (χ0) is 23.6. The van der Waals surface area contributed by atoms with Crippen molar-refractivity contribution in [2.75, 3.05) is 10.6 Å². The molecule has 0 fully saturated rings. The van der Waals surface area contributed by atoms with Crippen molar-refractivity contribution < 1.29 is 26.8 Å². The van der Waals surface area contributed by atoms with E-state index in [2.05, 4.69) is 22.5 Å². The minimum absolute atomic E-state index is 0.215. The lowest BCUT2D eigenvalue weighted by Crippen LogP contribution is -2.15. The molecule has 1 amide bonds. The summed E-state index contributed by atoms with van der Waals surface area (Å²) in [5.74, 6) is -1.66. The van der Waals surface area contributed by atoms with Gasteiger partial charge in [-0.25, -0.2) is 4.39 Å². The molecule has 0 bridgehead atoms. The van der Waals surface area contributed by atoms with E-state index in [1.807, 2.05) is 24.3 Å². The molecule has 0 saturated carbocycles. The van der Waals surface area contributed by atoms with Crippen LogP contribution in [0, 0.1) is 5.82 Å². The van der Waals surface area contributed by atoms with Gasteiger partial charge in [0.1, 0.15) is 11.3 Å². The van der Waals surface area contributed by atoms with Crippen LogP contribution in [0.15, 0.2) is 65.1 Å². The molecule has 3 aromatic carbocycles. The number of carbonyl (C=O) groups is 1. The standard InChI is InChI=1S/C24H19F4N3O2/c1-2-14-3-5-18(6-4-14)30-23-31-20-12-19(7-8-21(20)33-23)29-22(32)16-9-15(10-17(25)11-16)13-24(26,27)28/h3-12H,2,13H2,1H3,(H,29,32)(H,30,31). The number of rotatable bonds is 6. The molecule has 170 valence electrons. The van der Waals surface area contributed by atoms with Gasteiger partial charge in [-0.05, 0) is 66.1 Å². The van der Waals surface area contributed by atoms with Gasteiger partial charge >= 0.3 is 6.18 Å². The summed E-state index contributed by atoms with van der Waals surface area (Å²) in [6, 6.07) is 15.4. The predicted octanol–water partition coefficient (Wildman–Crippen LogP) is 6.63. The number of aromatic nitrogens is 1. The number of aryl methyl sites for hydroxylation is 1. The summed E-state index contributed by atoms with van der Waals surface area (Å²) in [5.41, 5.74) is 2.71. The van der Waals surface area contributed by atoms with Crippen LogP contribution in [0.2, 0.25) is 0 Å². The number of halogens is 4. The normalized spacial score (nSPS) is 11.5. The van der Waals surface area contributed by atoms with Crippen molar-refractivity contribution in [2.45, 2.75) is 25.9 Å². The monoisotopic (exact) mass is 457 g/mol. The van der Waals surface area contributed by atoms with Crippen molar-refractivity contribution in [3.63, 3.8) is 0 Å². The van der Waals surface area contributed by atoms with E-state index in [1.165, 1.54) is 5.56 Å². The molecule has 9 heteroatoms. The SMILES string of the molecule is CCc1ccc(Nc2nc3cc(NC(=O)c4cc(F)cc(CC(F)(F)F)c4)ccc3o2)cc1. The minimum Gasteiger partial charge on any atom is -0.423 e. The Morgan fingerprint density at radius 1 is 0.970 bits per heavy atom. The number of oxazole rings is 1. The van der Waals surface area contributed by atoms with Crippen LogP contribution in [0.1, 0.15) is 28.4 Å². The summed E-state index contributed by atoms with van der Waals surface area (Å²) in [6.45, 7) is 2.06. The molecule has 1 heterocycles. The van der Waals surface area contributed by atoms with Crippen LogP contribution >= 0.6 is 0 Å². The molecule has 0 spiro atoms. The number of nitrogens with one attached hydrogen (secondary N) is 2. The molecule has 33 heavy (non-hydrogen) atoms. The summed E-state index contributed by atoms with van der Waals surface area (Å²) < 4.78 is 57.3. The Morgan fingerprint density at radius 3 is 2.39 bits per heavy atom. The number of nitrogens with zero attached hydrogens (tertiary/aromatic N) is 1. The molecule has 0 radical (unpaired) electrons. The molecule has 0 aliphatic rings. The summed E-state index contributed by atoms with van der Waals surface area (Å²) in [5, 5.41) is 5.61. The van der Waals surface area contributed by atoms with Gasteiger partial charge in [0.25, 0.3) is 11.9 Å². The summed E-state index contributed by atoms with van der Waals surface area (Å²) in [7, 11) is 0. The number of carbonyl (C=O) groups excluding carboxylic acids is 1. The Bertz CT molecular complexity index is 1300. The fraction of sp³-hybridized carbons (Fsp3) is 0.167. The van der Waals surface area contributed by atoms with Gasteiger partial charge in [0.05, 0.1) is 6.42 Å². The summed E-state index contributed by atoms with van der Waals surface area (Å²) in [4.78, 5) is 16.8. The highest BCUT2D eigenvalue weighted by Gasteiger charge is 2.28. The van der Waals surface area contributed by atoms with E-state index in [9.17, 15) is 22.4 Å². The van der Waals surface area contributed by atoms with Crippen LogP contribution in [0.3, 0.4) is 0 Å². The lowest BCUT2D eigenvalue weighted by molar-refractivity contribution is -0.127. The summed E-state index contributed by atoms with van der Waals surface area (Å²) >= 11 is 0. The third-order valence-corrected chi connectivity index (χ3v) is 4.88. The van der Waals surface area contributed by atoms with E-state index in [0.717, 1.165) is 30.3 Å². The molecule has 4 aromatic rings. The third-order valence-electron chi connectivity index (χ3n) is 4.88. The van der Waals surface area contributed by atoms with Gasteiger partial charge in [-0.3, -0.25) is 4.79 Å². The van der Waals surface area contributed by atoms with Crippen molar-refractivity contribution >= 4 is 34.4 Å². The van der Waals surface area contributed by atoms with E-state index >= 15 is 0 Å². The van der Waals surface area contributed by atoms with Gasteiger partial charge in [0, 0.05) is 16.9 Å². The van der Waals surface area contributed by atoms with E-state index in [0.29, 0.717) is 16.8 Å². The average Bonchev–Trinajstić information content (AvgIpc) is 3.14. The van der Waals surface area contributed by atoms with Crippen LogP contribution in [-0.4, -0.2) is 17.1 Å². The molecule has 5 nitrogen and oxygen atoms in total. The zero-order valence-corrected chi connectivity index (χ0v) is 17.5. The highest BCUT2D eigenvalue weighted by atomic mass is 19.4. The van der Waals surface area contributed by atoms with Gasteiger partial charge in [-0.1, -0.05) is 19.1 Å². The number of benzene rings is 3. The second-order valence-electron chi connectivity index (χ2n) is 7.47. The number of fused-ring (bicyclic) bond motifs is 1. The van der Waals surface area contributed by atoms with Gasteiger partial charge < -0.3 is 15.1 Å². The Balaban J connectivity index is 1.50. The fourth-order valence-electron chi connectivity index (χ4n) is 3.32. The zero-order valence-electron chi connectivity index (χ0n) is 17.5. The van der Waals surface area contributed by atoms with E-state index in [-0.39, 0.29) is 17.1 Å². The van der Waals surface area contributed by atoms with Crippen molar-refractivity contribution in [2.24, 2.45) is 0 Å². The van der Waals surface area contributed by atoms with Gasteiger partial charge in [-0.15, -0.1) is 0 Å². The molecular formula is C24H19F4N3O2. The average molecular weight is 457 g/mol. The van der Waals surface area contributed by atoms with Crippen molar-refractivity contribution in [3.8, 4) is 0 Å². The molecule has 0 aliphatic carbocycles. The van der Waals surface area contributed by atoms with E-state index in [1.54, 1.807) is 18.2 Å². The second kappa shape index (κ2) is 8.93. The number of hydrogen-bond acceptors (Lipinski definition) is 4. The third kappa shape index (κ3) is 5.68. The Kier molecular flexibility index (Phi) is 6.04. The van der Waals surface area contributed by atoms with Crippen LogP contribution in [0.5, 0.6) is 0 Å². The largest absolute Gasteiger partial charge is 0.423 e. The van der Waals surface area contributed by atoms with Crippen LogP contribution < -0.4 is 10.6 Å². The molecule has 0 aliphatic heterocycles. The number of alkyl halides is 3. The number of amides is 1. The first kappa shape index (κ1) is 22.3. The molecule has 0 saturated heterocycles. The predicted molar refractivity (Wildman–Crippen MR) is 117 cm³/mol. The summed E-state index contributed by atoms with van der Waals surface area (Å²) in [6.07, 6.45) is -4.91. The minimum atomic E-state index is -4.51. The Labute approximate surface area is 186 Å². The number of hydrogen-bond donors (Lipinski definition) is 2. The van der Waals surface area contributed by atoms with Gasteiger partial charge in [-0.2, -0.15) is 18.2 Å². The fourth-order valence-corrected chi connectivity index (χ4v) is 3.32. The first-order valence-electron chi connectivity index (χ1n) is 10.1. The number of anilines is 3. The molecule has 1 aromatic heterocycles. The molecule has 0 unspecified atom stereocenters. The van der Waals surface area contributed by atoms with Gasteiger partial charge in [0.2, 0.25) is 0 Å². The van der Waals surface area contributed by atoms with Gasteiger partial charge in [0.15, 0.2) is 5.58 Å². The first-order chi connectivity index (χ1) is 15.7. The Hall–Kier alpha value is -3.88. The van der Waals surface area contributed by atoms with E-state index < -0.39 is 24.3 Å². The van der Waals surface area contributed by atoms with Crippen LogP contribution in [0.25, 0.3) is 11.1 Å². The lowest BCUT2D eigenvalue weighted by Gasteiger charge is -2.09. The highest BCUT2D eigenvalue weighted by molar-refractivity contribution is 6.05. The molecule has 0 atom stereocenters. The maximum absolute atomic E-state index is 13.8. The van der Waals surface area contributed by atoms with E-state index in [4.69, 9.17) is 4.42 Å². The maximum atomic E-state index is 13.8. The Morgan fingerprint density at radius 2 is 1.70 bits per heavy atom. The van der Waals surface area contributed by atoms with Crippen molar-refractivity contribution in [3.05, 3.63) is 83.2 Å². The quantitative estimate of drug-likeness (QED) is 0.319. The van der Waals surface area contributed by atoms with Crippen molar-refractivity contribution in [1.29, 1.82) is 0 Å². The first-order valence-corrected chi connectivity index (χ1v) is 10.1. The molecule has 2 N–H and O–H groups in total. The highest BCUT2D eigenvalue weighted by Crippen LogP contribution is 2.26. The smallest absolute Gasteiger partial charge is 0.393 e. The molecule has 4 rings (SSSR count). The molecular weight excluding hydrogens is 438 g/mol. The van der Waals surface area contributed by atoms with Crippen molar-refractivity contribution in [1.82, 2.24) is 4.98 Å².